The van der Waals surface area contributed by atoms with Crippen molar-refractivity contribution in [2.24, 2.45) is 23.2 Å². The minimum Gasteiger partial charge on any atom is -0.462 e. The molecule has 156 valence electrons. The molecule has 0 unspecified atom stereocenters. The molecule has 5 atom stereocenters. The molecule has 0 spiro atoms. The Morgan fingerprint density at radius 1 is 1.17 bits per heavy atom. The van der Waals surface area contributed by atoms with Crippen molar-refractivity contribution in [2.45, 2.75) is 45.1 Å². The van der Waals surface area contributed by atoms with E-state index in [4.69, 9.17) is 4.74 Å². The summed E-state index contributed by atoms with van der Waals surface area (Å²) in [7, 11) is 0. The molecule has 5 rings (SSSR count). The molecule has 2 saturated heterocycles. The van der Waals surface area contributed by atoms with Crippen molar-refractivity contribution in [1.29, 1.82) is 0 Å². The average Bonchev–Trinajstić information content (AvgIpc) is 3.01. The van der Waals surface area contributed by atoms with Crippen LogP contribution < -0.4 is 4.90 Å². The maximum absolute atomic E-state index is 12.8. The molecule has 0 radical (unpaired) electrons. The van der Waals surface area contributed by atoms with Gasteiger partial charge in [0.2, 0.25) is 0 Å². The lowest BCUT2D eigenvalue weighted by Gasteiger charge is -2.50. The molecule has 2 heterocycles. The lowest BCUT2D eigenvalue weighted by atomic mass is 9.55. The van der Waals surface area contributed by atoms with E-state index in [0.29, 0.717) is 11.8 Å². The van der Waals surface area contributed by atoms with Gasteiger partial charge in [-0.15, -0.1) is 0 Å². The third-order valence-electron chi connectivity index (χ3n) is 8.27. The van der Waals surface area contributed by atoms with Crippen LogP contribution in [0.15, 0.2) is 42.5 Å². The molecular formula is C25H34N2O2. The standard InChI is InChI=1S/C25H34N2O2/c1-18-7-6-10-25(2)16-23-20(15-22(18)25)21(24(28)29-23)17-26-11-13-27(14-12-26)19-8-4-3-5-9-19/h3-5,8-9,20-23H,1,6-7,10-17H2,2H3/t20-,21-,22+,23+,25+/m0/s1. The van der Waals surface area contributed by atoms with E-state index in [9.17, 15) is 4.79 Å². The normalized spacial score (nSPS) is 37.8. The zero-order valence-electron chi connectivity index (χ0n) is 17.7. The molecule has 1 aromatic rings. The van der Waals surface area contributed by atoms with Gasteiger partial charge in [-0.1, -0.05) is 37.3 Å². The van der Waals surface area contributed by atoms with Crippen LogP contribution in [-0.2, 0) is 9.53 Å². The highest BCUT2D eigenvalue weighted by molar-refractivity contribution is 5.75. The van der Waals surface area contributed by atoms with Crippen molar-refractivity contribution in [3.05, 3.63) is 42.5 Å². The maximum atomic E-state index is 12.8. The number of hydrogen-bond acceptors (Lipinski definition) is 4. The molecular weight excluding hydrogens is 360 g/mol. The molecule has 4 heteroatoms. The lowest BCUT2D eigenvalue weighted by molar-refractivity contribution is -0.146. The average molecular weight is 395 g/mol. The Bertz CT molecular complexity index is 770. The quantitative estimate of drug-likeness (QED) is 0.570. The zero-order chi connectivity index (χ0) is 20.0. The van der Waals surface area contributed by atoms with Crippen molar-refractivity contribution in [3.8, 4) is 0 Å². The summed E-state index contributed by atoms with van der Waals surface area (Å²) in [6.45, 7) is 11.8. The summed E-state index contributed by atoms with van der Waals surface area (Å²) in [6, 6.07) is 10.6. The van der Waals surface area contributed by atoms with Gasteiger partial charge in [0, 0.05) is 44.3 Å². The van der Waals surface area contributed by atoms with Gasteiger partial charge in [0.05, 0.1) is 5.92 Å². The first-order valence-electron chi connectivity index (χ1n) is 11.4. The Balaban J connectivity index is 1.23. The second kappa shape index (κ2) is 7.46. The Kier molecular flexibility index (Phi) is 4.93. The molecule has 4 fully saturated rings. The second-order valence-corrected chi connectivity index (χ2v) is 10.0. The number of benzene rings is 1. The molecule has 0 bridgehead atoms. The molecule has 0 N–H and O–H groups in total. The van der Waals surface area contributed by atoms with E-state index in [1.165, 1.54) is 30.5 Å². The number of carbonyl (C=O) groups excluding carboxylic acids is 1. The molecule has 29 heavy (non-hydrogen) atoms. The fourth-order valence-corrected chi connectivity index (χ4v) is 6.57. The molecule has 4 aliphatic rings. The number of anilines is 1. The first-order chi connectivity index (χ1) is 14.0. The van der Waals surface area contributed by atoms with E-state index in [-0.39, 0.29) is 23.4 Å². The van der Waals surface area contributed by atoms with E-state index in [1.807, 2.05) is 0 Å². The van der Waals surface area contributed by atoms with Crippen LogP contribution in [0.5, 0.6) is 0 Å². The number of ether oxygens (including phenoxy) is 1. The smallest absolute Gasteiger partial charge is 0.310 e. The number of esters is 1. The molecule has 1 aromatic carbocycles. The maximum Gasteiger partial charge on any atom is 0.310 e. The highest BCUT2D eigenvalue weighted by Gasteiger charge is 2.55. The minimum atomic E-state index is 0.0440. The summed E-state index contributed by atoms with van der Waals surface area (Å²) in [6.07, 6.45) is 5.92. The van der Waals surface area contributed by atoms with E-state index in [0.717, 1.165) is 45.6 Å². The largest absolute Gasteiger partial charge is 0.462 e. The predicted octanol–water partition coefficient (Wildman–Crippen LogP) is 4.12. The Morgan fingerprint density at radius 3 is 2.69 bits per heavy atom. The van der Waals surface area contributed by atoms with Gasteiger partial charge in [-0.3, -0.25) is 9.69 Å². The molecule has 4 nitrogen and oxygen atoms in total. The topological polar surface area (TPSA) is 32.8 Å². The van der Waals surface area contributed by atoms with Crippen LogP contribution in [0.2, 0.25) is 0 Å². The number of nitrogens with zero attached hydrogens (tertiary/aromatic N) is 2. The number of para-hydroxylation sites is 1. The molecule has 2 saturated carbocycles. The molecule has 2 aliphatic heterocycles. The number of carbonyl (C=O) groups is 1. The SMILES string of the molecule is C=C1CCC[C@]2(C)C[C@H]3OC(=O)[C@@H](CN4CCN(c5ccccc5)CC4)[C@@H]3C[C@H]12. The van der Waals surface area contributed by atoms with Gasteiger partial charge in [0.15, 0.2) is 0 Å². The Hall–Kier alpha value is -1.81. The van der Waals surface area contributed by atoms with Crippen molar-refractivity contribution >= 4 is 11.7 Å². The molecule has 0 aromatic heterocycles. The summed E-state index contributed by atoms with van der Waals surface area (Å²) in [5, 5.41) is 0. The van der Waals surface area contributed by atoms with Crippen LogP contribution in [0.4, 0.5) is 5.69 Å². The number of rotatable bonds is 3. The van der Waals surface area contributed by atoms with Crippen LogP contribution in [0.1, 0.15) is 39.0 Å². The van der Waals surface area contributed by atoms with Crippen LogP contribution in [-0.4, -0.2) is 49.7 Å². The van der Waals surface area contributed by atoms with Gasteiger partial charge >= 0.3 is 5.97 Å². The summed E-state index contributed by atoms with van der Waals surface area (Å²) in [5.74, 6) is 1.05. The summed E-state index contributed by atoms with van der Waals surface area (Å²) >= 11 is 0. The lowest BCUT2D eigenvalue weighted by Crippen LogP contribution is -2.50. The molecule has 2 aliphatic carbocycles. The first kappa shape index (κ1) is 19.2. The van der Waals surface area contributed by atoms with Crippen molar-refractivity contribution in [2.75, 3.05) is 37.6 Å². The monoisotopic (exact) mass is 394 g/mol. The van der Waals surface area contributed by atoms with Gasteiger partial charge in [0.25, 0.3) is 0 Å². The van der Waals surface area contributed by atoms with E-state index < -0.39 is 0 Å². The van der Waals surface area contributed by atoms with Gasteiger partial charge in [-0.2, -0.15) is 0 Å². The van der Waals surface area contributed by atoms with Crippen molar-refractivity contribution < 1.29 is 9.53 Å². The van der Waals surface area contributed by atoms with Gasteiger partial charge in [0.1, 0.15) is 6.10 Å². The Morgan fingerprint density at radius 2 is 1.93 bits per heavy atom. The number of piperazine rings is 1. The fourth-order valence-electron chi connectivity index (χ4n) is 6.57. The zero-order valence-corrected chi connectivity index (χ0v) is 17.7. The van der Waals surface area contributed by atoms with Crippen LogP contribution >= 0.6 is 0 Å². The van der Waals surface area contributed by atoms with Gasteiger partial charge < -0.3 is 9.64 Å². The van der Waals surface area contributed by atoms with Gasteiger partial charge in [-0.25, -0.2) is 0 Å². The van der Waals surface area contributed by atoms with Crippen LogP contribution in [0.25, 0.3) is 0 Å². The summed E-state index contributed by atoms with van der Waals surface area (Å²) in [4.78, 5) is 17.7. The van der Waals surface area contributed by atoms with Crippen molar-refractivity contribution in [1.82, 2.24) is 4.90 Å². The van der Waals surface area contributed by atoms with E-state index in [1.54, 1.807) is 0 Å². The first-order valence-corrected chi connectivity index (χ1v) is 11.4. The van der Waals surface area contributed by atoms with E-state index in [2.05, 4.69) is 53.6 Å². The summed E-state index contributed by atoms with van der Waals surface area (Å²) < 4.78 is 5.95. The van der Waals surface area contributed by atoms with Crippen LogP contribution in [0.3, 0.4) is 0 Å². The predicted molar refractivity (Wildman–Crippen MR) is 116 cm³/mol. The third kappa shape index (κ3) is 3.50. The molecule has 0 amide bonds. The number of allylic oxidation sites excluding steroid dienone is 1. The third-order valence-corrected chi connectivity index (χ3v) is 8.27. The number of hydrogen-bond donors (Lipinski definition) is 0. The highest BCUT2D eigenvalue weighted by atomic mass is 16.6. The fraction of sp³-hybridized carbons (Fsp3) is 0.640. The summed E-state index contributed by atoms with van der Waals surface area (Å²) in [5.41, 5.74) is 3.01. The van der Waals surface area contributed by atoms with Crippen LogP contribution in [0, 0.1) is 23.2 Å². The minimum absolute atomic E-state index is 0.0440. The van der Waals surface area contributed by atoms with E-state index >= 15 is 0 Å². The highest BCUT2D eigenvalue weighted by Crippen LogP contribution is 2.56. The second-order valence-electron chi connectivity index (χ2n) is 10.0. The Labute approximate surface area is 174 Å². The number of fused-ring (bicyclic) bond motifs is 2. The van der Waals surface area contributed by atoms with Crippen molar-refractivity contribution in [3.63, 3.8) is 0 Å². The van der Waals surface area contributed by atoms with Gasteiger partial charge in [-0.05, 0) is 55.6 Å².